The van der Waals surface area contributed by atoms with Gasteiger partial charge in [-0.2, -0.15) is 0 Å². The maximum absolute atomic E-state index is 11.4. The van der Waals surface area contributed by atoms with E-state index in [1.807, 2.05) is 45.0 Å². The van der Waals surface area contributed by atoms with E-state index in [0.29, 0.717) is 13.2 Å². The van der Waals surface area contributed by atoms with Crippen molar-refractivity contribution in [3.8, 4) is 5.75 Å². The first-order valence-corrected chi connectivity index (χ1v) is 6.90. The zero-order valence-electron chi connectivity index (χ0n) is 12.4. The lowest BCUT2D eigenvalue weighted by molar-refractivity contribution is 0.0774. The molecule has 1 rings (SSSR count). The third kappa shape index (κ3) is 7.63. The van der Waals surface area contributed by atoms with Gasteiger partial charge < -0.3 is 20.1 Å². The summed E-state index contributed by atoms with van der Waals surface area (Å²) in [5, 5.41) is 5.37. The Bertz CT molecular complexity index is 391. The largest absolute Gasteiger partial charge is 0.473 e. The number of nitrogens with one attached hydrogen (secondary N) is 2. The Balaban J connectivity index is 2.04. The number of aryl methyl sites for hydroxylation is 1. The minimum Gasteiger partial charge on any atom is -0.473 e. The molecule has 2 N–H and O–H groups in total. The van der Waals surface area contributed by atoms with E-state index in [9.17, 15) is 4.79 Å². The van der Waals surface area contributed by atoms with Crippen LogP contribution in [0.1, 0.15) is 25.8 Å². The number of hydrogen-bond donors (Lipinski definition) is 2. The van der Waals surface area contributed by atoms with Gasteiger partial charge >= 0.3 is 6.03 Å². The second kappa shape index (κ2) is 9.20. The van der Waals surface area contributed by atoms with Crippen LogP contribution < -0.4 is 15.4 Å². The molecule has 0 radical (unpaired) electrons. The van der Waals surface area contributed by atoms with Gasteiger partial charge in [-0.05, 0) is 39.3 Å². The second-order valence-corrected chi connectivity index (χ2v) is 4.81. The van der Waals surface area contributed by atoms with E-state index in [4.69, 9.17) is 9.47 Å². The number of carbonyl (C=O) groups is 1. The van der Waals surface area contributed by atoms with Crippen molar-refractivity contribution in [2.24, 2.45) is 0 Å². The number of ether oxygens (including phenoxy) is 2. The Hall–Kier alpha value is -1.75. The Kier molecular flexibility index (Phi) is 7.50. The summed E-state index contributed by atoms with van der Waals surface area (Å²) in [6.45, 7) is 7.38. The monoisotopic (exact) mass is 280 g/mol. The zero-order valence-corrected chi connectivity index (χ0v) is 12.4. The van der Waals surface area contributed by atoms with Gasteiger partial charge in [-0.25, -0.2) is 4.79 Å². The third-order valence-electron chi connectivity index (χ3n) is 2.55. The Morgan fingerprint density at radius 1 is 1.20 bits per heavy atom. The first-order valence-electron chi connectivity index (χ1n) is 6.90. The first-order chi connectivity index (χ1) is 9.58. The third-order valence-corrected chi connectivity index (χ3v) is 2.55. The van der Waals surface area contributed by atoms with Gasteiger partial charge in [0.2, 0.25) is 0 Å². The molecule has 0 fully saturated rings. The van der Waals surface area contributed by atoms with E-state index in [1.54, 1.807) is 0 Å². The van der Waals surface area contributed by atoms with Crippen molar-refractivity contribution in [2.45, 2.75) is 33.3 Å². The molecular formula is C15H24N2O3. The molecular weight excluding hydrogens is 256 g/mol. The molecule has 1 aromatic rings. The Morgan fingerprint density at radius 3 is 2.55 bits per heavy atom. The van der Waals surface area contributed by atoms with Gasteiger partial charge in [-0.1, -0.05) is 17.7 Å². The van der Waals surface area contributed by atoms with Crippen molar-refractivity contribution in [1.29, 1.82) is 0 Å². The first kappa shape index (κ1) is 16.3. The maximum Gasteiger partial charge on any atom is 0.317 e. The van der Waals surface area contributed by atoms with Crippen LogP contribution in [0.15, 0.2) is 24.3 Å². The molecule has 0 aliphatic heterocycles. The lowest BCUT2D eigenvalue weighted by Crippen LogP contribution is -2.38. The Morgan fingerprint density at radius 2 is 1.90 bits per heavy atom. The van der Waals surface area contributed by atoms with Crippen LogP contribution in [0.3, 0.4) is 0 Å². The molecule has 1 aromatic carbocycles. The van der Waals surface area contributed by atoms with E-state index in [-0.39, 0.29) is 18.9 Å². The summed E-state index contributed by atoms with van der Waals surface area (Å²) < 4.78 is 10.8. The molecule has 2 amide bonds. The summed E-state index contributed by atoms with van der Waals surface area (Å²) in [5.41, 5.74) is 1.17. The summed E-state index contributed by atoms with van der Waals surface area (Å²) in [6, 6.07) is 7.44. The van der Waals surface area contributed by atoms with E-state index < -0.39 is 0 Å². The smallest absolute Gasteiger partial charge is 0.317 e. The van der Waals surface area contributed by atoms with Crippen LogP contribution in [0.2, 0.25) is 0 Å². The predicted octanol–water partition coefficient (Wildman–Crippen LogP) is 2.45. The number of amides is 2. The fourth-order valence-electron chi connectivity index (χ4n) is 1.48. The van der Waals surface area contributed by atoms with Gasteiger partial charge in [0.1, 0.15) is 5.75 Å². The number of carbonyl (C=O) groups excluding carboxylic acids is 1. The van der Waals surface area contributed by atoms with Crippen LogP contribution in [0.4, 0.5) is 4.79 Å². The fourth-order valence-corrected chi connectivity index (χ4v) is 1.48. The number of benzene rings is 1. The van der Waals surface area contributed by atoms with Crippen LogP contribution in [0, 0.1) is 6.92 Å². The Labute approximate surface area is 120 Å². The highest BCUT2D eigenvalue weighted by molar-refractivity contribution is 5.73. The lowest BCUT2D eigenvalue weighted by atomic mass is 10.2. The summed E-state index contributed by atoms with van der Waals surface area (Å²) in [6.07, 6.45) is 1.02. The van der Waals surface area contributed by atoms with Gasteiger partial charge in [0.25, 0.3) is 0 Å². The molecule has 5 nitrogen and oxygen atoms in total. The summed E-state index contributed by atoms with van der Waals surface area (Å²) in [7, 11) is 0. The van der Waals surface area contributed by atoms with Crippen LogP contribution >= 0.6 is 0 Å². The number of rotatable bonds is 8. The summed E-state index contributed by atoms with van der Waals surface area (Å²) >= 11 is 0. The minimum absolute atomic E-state index is 0.150. The van der Waals surface area contributed by atoms with Crippen LogP contribution in [0.5, 0.6) is 5.75 Å². The molecule has 0 aromatic heterocycles. The summed E-state index contributed by atoms with van der Waals surface area (Å²) in [5.74, 6) is 0.737. The number of hydrogen-bond acceptors (Lipinski definition) is 3. The van der Waals surface area contributed by atoms with Gasteiger partial charge in [0, 0.05) is 13.2 Å². The SMILES string of the molecule is Cc1ccc(OCNC(=O)NCCCOC(C)C)cc1. The van der Waals surface area contributed by atoms with Gasteiger partial charge in [-0.3, -0.25) is 0 Å². The second-order valence-electron chi connectivity index (χ2n) is 4.81. The van der Waals surface area contributed by atoms with Crippen molar-refractivity contribution in [1.82, 2.24) is 10.6 Å². The molecule has 0 heterocycles. The van der Waals surface area contributed by atoms with Crippen molar-refractivity contribution < 1.29 is 14.3 Å². The lowest BCUT2D eigenvalue weighted by Gasteiger charge is -2.10. The van der Waals surface area contributed by atoms with Crippen molar-refractivity contribution in [2.75, 3.05) is 19.9 Å². The molecule has 0 atom stereocenters. The number of urea groups is 1. The highest BCUT2D eigenvalue weighted by Crippen LogP contribution is 2.10. The quantitative estimate of drug-likeness (QED) is 0.568. The highest BCUT2D eigenvalue weighted by Gasteiger charge is 2.00. The average Bonchev–Trinajstić information content (AvgIpc) is 2.40. The summed E-state index contributed by atoms with van der Waals surface area (Å²) in [4.78, 5) is 11.4. The molecule has 20 heavy (non-hydrogen) atoms. The van der Waals surface area contributed by atoms with Gasteiger partial charge in [0.05, 0.1) is 6.10 Å². The highest BCUT2D eigenvalue weighted by atomic mass is 16.5. The van der Waals surface area contributed by atoms with Crippen LogP contribution in [-0.4, -0.2) is 32.0 Å². The zero-order chi connectivity index (χ0) is 14.8. The average molecular weight is 280 g/mol. The molecule has 5 heteroatoms. The van der Waals surface area contributed by atoms with Crippen molar-refractivity contribution in [3.05, 3.63) is 29.8 Å². The van der Waals surface area contributed by atoms with Crippen molar-refractivity contribution in [3.63, 3.8) is 0 Å². The van der Waals surface area contributed by atoms with Gasteiger partial charge in [-0.15, -0.1) is 0 Å². The topological polar surface area (TPSA) is 59.6 Å². The normalized spacial score (nSPS) is 10.4. The molecule has 0 spiro atoms. The van der Waals surface area contributed by atoms with Crippen molar-refractivity contribution >= 4 is 6.03 Å². The molecule has 0 aliphatic rings. The predicted molar refractivity (Wildman–Crippen MR) is 78.9 cm³/mol. The van der Waals surface area contributed by atoms with E-state index >= 15 is 0 Å². The van der Waals surface area contributed by atoms with Gasteiger partial charge in [0.15, 0.2) is 6.73 Å². The maximum atomic E-state index is 11.4. The molecule has 0 aliphatic carbocycles. The molecule has 0 bridgehead atoms. The molecule has 112 valence electrons. The molecule has 0 saturated carbocycles. The minimum atomic E-state index is -0.235. The molecule has 0 unspecified atom stereocenters. The van der Waals surface area contributed by atoms with E-state index in [1.165, 1.54) is 5.56 Å². The fraction of sp³-hybridized carbons (Fsp3) is 0.533. The van der Waals surface area contributed by atoms with Crippen LogP contribution in [0.25, 0.3) is 0 Å². The van der Waals surface area contributed by atoms with E-state index in [0.717, 1.165) is 12.2 Å². The standard InChI is InChI=1S/C15H24N2O3/c1-12(2)19-10-4-9-16-15(18)17-11-20-14-7-5-13(3)6-8-14/h5-8,12H,4,9-11H2,1-3H3,(H2,16,17,18). The van der Waals surface area contributed by atoms with Crippen LogP contribution in [-0.2, 0) is 4.74 Å². The molecule has 0 saturated heterocycles. The van der Waals surface area contributed by atoms with E-state index in [2.05, 4.69) is 10.6 Å².